The van der Waals surface area contributed by atoms with Crippen LogP contribution in [0.5, 0.6) is 0 Å². The summed E-state index contributed by atoms with van der Waals surface area (Å²) in [6, 6.07) is 0. The first-order valence-electron chi connectivity index (χ1n) is 6.60. The van der Waals surface area contributed by atoms with Gasteiger partial charge in [0.15, 0.2) is 0 Å². The van der Waals surface area contributed by atoms with Crippen molar-refractivity contribution in [1.82, 2.24) is 10.2 Å². The molecule has 0 bridgehead atoms. The molecule has 4 heteroatoms. The zero-order valence-corrected chi connectivity index (χ0v) is 11.2. The number of hydrogen-bond donors (Lipinski definition) is 1. The van der Waals surface area contributed by atoms with Crippen molar-refractivity contribution in [2.45, 2.75) is 32.3 Å². The molecule has 0 spiro atoms. The molecule has 2 aliphatic rings. The largest absolute Gasteiger partial charge is 0.377 e. The molecule has 4 nitrogen and oxygen atoms in total. The molecule has 0 aromatic carbocycles. The van der Waals surface area contributed by atoms with Crippen molar-refractivity contribution in [3.63, 3.8) is 0 Å². The number of amides is 1. The molecule has 2 rings (SSSR count). The van der Waals surface area contributed by atoms with E-state index in [0.29, 0.717) is 11.8 Å². The highest BCUT2D eigenvalue weighted by Crippen LogP contribution is 2.27. The Morgan fingerprint density at radius 1 is 1.47 bits per heavy atom. The van der Waals surface area contributed by atoms with E-state index in [1.807, 2.05) is 4.90 Å². The predicted octanol–water partition coefficient (Wildman–Crippen LogP) is 0.869. The lowest BCUT2D eigenvalue weighted by Crippen LogP contribution is -2.52. The minimum Gasteiger partial charge on any atom is -0.377 e. The summed E-state index contributed by atoms with van der Waals surface area (Å²) >= 11 is 0. The summed E-state index contributed by atoms with van der Waals surface area (Å²) in [5.74, 6) is 0.929. The monoisotopic (exact) mass is 240 g/mol. The van der Waals surface area contributed by atoms with Crippen molar-refractivity contribution in [2.24, 2.45) is 11.8 Å². The number of methoxy groups -OCH3 is 1. The van der Waals surface area contributed by atoms with Crippen molar-refractivity contribution in [2.75, 3.05) is 33.3 Å². The second-order valence-corrected chi connectivity index (χ2v) is 5.76. The maximum Gasteiger partial charge on any atom is 0.227 e. The van der Waals surface area contributed by atoms with Crippen LogP contribution in [0.1, 0.15) is 26.7 Å². The summed E-state index contributed by atoms with van der Waals surface area (Å²) in [7, 11) is 1.74. The minimum absolute atomic E-state index is 0.150. The van der Waals surface area contributed by atoms with Gasteiger partial charge in [0, 0.05) is 26.7 Å². The Balaban J connectivity index is 1.99. The zero-order valence-electron chi connectivity index (χ0n) is 11.2. The molecule has 2 heterocycles. The zero-order chi connectivity index (χ0) is 12.5. The summed E-state index contributed by atoms with van der Waals surface area (Å²) in [4.78, 5) is 14.4. The van der Waals surface area contributed by atoms with Crippen molar-refractivity contribution < 1.29 is 9.53 Å². The van der Waals surface area contributed by atoms with E-state index in [1.165, 1.54) is 0 Å². The molecule has 3 unspecified atom stereocenters. The van der Waals surface area contributed by atoms with Gasteiger partial charge in [-0.25, -0.2) is 0 Å². The Hall–Kier alpha value is -0.610. The first-order chi connectivity index (χ1) is 8.06. The molecule has 0 saturated carbocycles. The molecule has 1 N–H and O–H groups in total. The standard InChI is InChI=1S/C13H24N2O2/c1-10-7-14-8-11(10)12(16)15-6-4-5-13(2,9-15)17-3/h10-11,14H,4-9H2,1-3H3. The number of piperidine rings is 1. The van der Waals surface area contributed by atoms with Gasteiger partial charge < -0.3 is 15.0 Å². The predicted molar refractivity (Wildman–Crippen MR) is 66.8 cm³/mol. The number of ether oxygens (including phenoxy) is 1. The normalized spacial score (nSPS) is 38.4. The fraction of sp³-hybridized carbons (Fsp3) is 0.923. The van der Waals surface area contributed by atoms with Gasteiger partial charge in [-0.3, -0.25) is 4.79 Å². The molecule has 2 aliphatic heterocycles. The summed E-state index contributed by atoms with van der Waals surface area (Å²) in [6.45, 7) is 7.68. The molecule has 0 aromatic heterocycles. The summed E-state index contributed by atoms with van der Waals surface area (Å²) in [6.07, 6.45) is 2.09. The smallest absolute Gasteiger partial charge is 0.227 e. The molecular formula is C13H24N2O2. The Morgan fingerprint density at radius 3 is 2.82 bits per heavy atom. The van der Waals surface area contributed by atoms with Crippen LogP contribution >= 0.6 is 0 Å². The van der Waals surface area contributed by atoms with E-state index in [2.05, 4.69) is 19.2 Å². The SMILES string of the molecule is COC1(C)CCCN(C(=O)C2CNCC2C)C1. The molecular weight excluding hydrogens is 216 g/mol. The lowest BCUT2D eigenvalue weighted by atomic mass is 9.91. The first kappa shape index (κ1) is 12.8. The average Bonchev–Trinajstić information content (AvgIpc) is 2.75. The van der Waals surface area contributed by atoms with Gasteiger partial charge >= 0.3 is 0 Å². The molecule has 2 fully saturated rings. The van der Waals surface area contributed by atoms with Crippen LogP contribution in [0.25, 0.3) is 0 Å². The van der Waals surface area contributed by atoms with Gasteiger partial charge in [0.05, 0.1) is 11.5 Å². The van der Waals surface area contributed by atoms with Crippen LogP contribution in [0.2, 0.25) is 0 Å². The van der Waals surface area contributed by atoms with Crippen molar-refractivity contribution in [3.8, 4) is 0 Å². The number of nitrogens with zero attached hydrogens (tertiary/aromatic N) is 1. The lowest BCUT2D eigenvalue weighted by molar-refractivity contribution is -0.143. The van der Waals surface area contributed by atoms with Crippen LogP contribution < -0.4 is 5.32 Å². The number of carbonyl (C=O) groups is 1. The first-order valence-corrected chi connectivity index (χ1v) is 6.60. The van der Waals surface area contributed by atoms with Gasteiger partial charge in [0.1, 0.15) is 0 Å². The highest BCUT2D eigenvalue weighted by Gasteiger charge is 2.38. The molecule has 1 amide bonds. The lowest BCUT2D eigenvalue weighted by Gasteiger charge is -2.40. The van der Waals surface area contributed by atoms with Crippen LogP contribution in [0.4, 0.5) is 0 Å². The van der Waals surface area contributed by atoms with E-state index in [-0.39, 0.29) is 11.5 Å². The molecule has 17 heavy (non-hydrogen) atoms. The van der Waals surface area contributed by atoms with E-state index < -0.39 is 0 Å². The van der Waals surface area contributed by atoms with Crippen molar-refractivity contribution in [1.29, 1.82) is 0 Å². The van der Waals surface area contributed by atoms with Gasteiger partial charge in [-0.1, -0.05) is 6.92 Å². The molecule has 3 atom stereocenters. The summed E-state index contributed by atoms with van der Waals surface area (Å²) in [5.41, 5.74) is -0.150. The molecule has 2 saturated heterocycles. The van der Waals surface area contributed by atoms with Crippen LogP contribution in [0.15, 0.2) is 0 Å². The summed E-state index contributed by atoms with van der Waals surface area (Å²) < 4.78 is 5.54. The van der Waals surface area contributed by atoms with E-state index in [9.17, 15) is 4.79 Å². The van der Waals surface area contributed by atoms with Crippen molar-refractivity contribution >= 4 is 5.91 Å². The third-order valence-electron chi connectivity index (χ3n) is 4.30. The quantitative estimate of drug-likeness (QED) is 0.778. The molecule has 98 valence electrons. The highest BCUT2D eigenvalue weighted by molar-refractivity contribution is 5.80. The Bertz CT molecular complexity index is 295. The Labute approximate surface area is 104 Å². The molecule has 0 radical (unpaired) electrons. The Morgan fingerprint density at radius 2 is 2.24 bits per heavy atom. The van der Waals surface area contributed by atoms with Gasteiger partial charge in [-0.2, -0.15) is 0 Å². The number of likely N-dealkylation sites (tertiary alicyclic amines) is 1. The molecule has 0 aliphatic carbocycles. The van der Waals surface area contributed by atoms with E-state index >= 15 is 0 Å². The second-order valence-electron chi connectivity index (χ2n) is 5.76. The highest BCUT2D eigenvalue weighted by atomic mass is 16.5. The number of rotatable bonds is 2. The van der Waals surface area contributed by atoms with Gasteiger partial charge in [-0.15, -0.1) is 0 Å². The van der Waals surface area contributed by atoms with Gasteiger partial charge in [-0.05, 0) is 32.2 Å². The fourth-order valence-corrected chi connectivity index (χ4v) is 2.94. The van der Waals surface area contributed by atoms with E-state index in [1.54, 1.807) is 7.11 Å². The number of carbonyl (C=O) groups excluding carboxylic acids is 1. The third-order valence-corrected chi connectivity index (χ3v) is 4.30. The van der Waals surface area contributed by atoms with Crippen LogP contribution in [0.3, 0.4) is 0 Å². The van der Waals surface area contributed by atoms with Crippen molar-refractivity contribution in [3.05, 3.63) is 0 Å². The van der Waals surface area contributed by atoms with E-state index in [4.69, 9.17) is 4.74 Å². The topological polar surface area (TPSA) is 41.6 Å². The third kappa shape index (κ3) is 2.63. The maximum absolute atomic E-state index is 12.4. The van der Waals surface area contributed by atoms with Crippen LogP contribution in [-0.4, -0.2) is 49.7 Å². The van der Waals surface area contributed by atoms with Gasteiger partial charge in [0.25, 0.3) is 0 Å². The minimum atomic E-state index is -0.150. The second kappa shape index (κ2) is 4.94. The fourth-order valence-electron chi connectivity index (χ4n) is 2.94. The average molecular weight is 240 g/mol. The number of hydrogen-bond acceptors (Lipinski definition) is 3. The Kier molecular flexibility index (Phi) is 3.73. The summed E-state index contributed by atoms with van der Waals surface area (Å²) in [5, 5.41) is 3.30. The van der Waals surface area contributed by atoms with E-state index in [0.717, 1.165) is 39.0 Å². The van der Waals surface area contributed by atoms with Crippen LogP contribution in [0, 0.1) is 11.8 Å². The van der Waals surface area contributed by atoms with Gasteiger partial charge in [0.2, 0.25) is 5.91 Å². The molecule has 0 aromatic rings. The number of nitrogens with one attached hydrogen (secondary N) is 1. The maximum atomic E-state index is 12.4. The van der Waals surface area contributed by atoms with Crippen LogP contribution in [-0.2, 0) is 9.53 Å².